The highest BCUT2D eigenvalue weighted by molar-refractivity contribution is 7.92. The number of nitrogens with two attached hydrogens (primary N) is 1. The summed E-state index contributed by atoms with van der Waals surface area (Å²) in [5.74, 6) is -0.251. The predicted octanol–water partition coefficient (Wildman–Crippen LogP) is 0.880. The molecule has 5 N–H and O–H groups in total. The molecule has 1 fully saturated rings. The molecule has 0 spiro atoms. The molecule has 0 unspecified atom stereocenters. The number of amides is 1. The van der Waals surface area contributed by atoms with Crippen LogP contribution in [0.25, 0.3) is 0 Å². The lowest BCUT2D eigenvalue weighted by Crippen LogP contribution is -2.85. The molecule has 10 nitrogen and oxygen atoms in total. The number of carbonyl (C=O) groups excluding carboxylic acids is 2. The Kier molecular flexibility index (Phi) is 12.8. The highest BCUT2D eigenvalue weighted by Crippen LogP contribution is 2.28. The molecule has 1 amide bonds. The molecule has 42 heavy (non-hydrogen) atoms. The van der Waals surface area contributed by atoms with Crippen LogP contribution in [0.15, 0.2) is 78.9 Å². The fourth-order valence-electron chi connectivity index (χ4n) is 4.87. The van der Waals surface area contributed by atoms with Crippen LogP contribution in [0.3, 0.4) is 0 Å². The maximum atomic E-state index is 13.6. The van der Waals surface area contributed by atoms with Gasteiger partial charge in [-0.05, 0) is 49.9 Å². The van der Waals surface area contributed by atoms with Crippen LogP contribution in [0.5, 0.6) is 0 Å². The molecule has 0 aliphatic carbocycles. The second-order valence-electron chi connectivity index (χ2n) is 10.0. The number of carboxylic acid groups (broad SMARTS) is 1. The van der Waals surface area contributed by atoms with E-state index < -0.39 is 28.6 Å². The second-order valence-corrected chi connectivity index (χ2v) is 12.1. The third-order valence-electron chi connectivity index (χ3n) is 6.91. The SMILES string of the molecule is CCNc1cc(C(=O)N[C@@H](Cc2ccccc2)[C@H](O)C[NH2+]Cc2ccccc2)cc(N2CCCCS2(=O)=O)c1.O=C[O-]. The lowest BCUT2D eigenvalue weighted by atomic mass is 10.00. The number of sulfonamides is 1. The van der Waals surface area contributed by atoms with Crippen LogP contribution in [-0.4, -0.2) is 63.4 Å². The van der Waals surface area contributed by atoms with E-state index in [9.17, 15) is 18.3 Å². The zero-order valence-corrected chi connectivity index (χ0v) is 24.6. The quantitative estimate of drug-likeness (QED) is 0.226. The molecule has 2 atom stereocenters. The molecule has 0 radical (unpaired) electrons. The van der Waals surface area contributed by atoms with Crippen molar-refractivity contribution in [3.05, 3.63) is 95.6 Å². The number of benzene rings is 3. The van der Waals surface area contributed by atoms with Crippen molar-refractivity contribution in [2.24, 2.45) is 0 Å². The summed E-state index contributed by atoms with van der Waals surface area (Å²) in [6.07, 6.45) is 1.08. The summed E-state index contributed by atoms with van der Waals surface area (Å²) < 4.78 is 27.0. The zero-order valence-electron chi connectivity index (χ0n) is 23.8. The highest BCUT2D eigenvalue weighted by atomic mass is 32.2. The first-order valence-electron chi connectivity index (χ1n) is 14.1. The molecule has 3 aromatic carbocycles. The normalized spacial score (nSPS) is 15.4. The van der Waals surface area contributed by atoms with Crippen LogP contribution in [0.1, 0.15) is 41.3 Å². The van der Waals surface area contributed by atoms with Gasteiger partial charge in [-0.1, -0.05) is 60.7 Å². The van der Waals surface area contributed by atoms with Crippen LogP contribution in [-0.2, 0) is 27.8 Å². The summed E-state index contributed by atoms with van der Waals surface area (Å²) in [6, 6.07) is 24.4. The molecule has 1 heterocycles. The number of quaternary nitrogens is 1. The van der Waals surface area contributed by atoms with Crippen LogP contribution in [0, 0.1) is 0 Å². The zero-order chi connectivity index (χ0) is 30.4. The van der Waals surface area contributed by atoms with Crippen LogP contribution in [0.4, 0.5) is 11.4 Å². The largest absolute Gasteiger partial charge is 0.554 e. The molecule has 1 aliphatic rings. The summed E-state index contributed by atoms with van der Waals surface area (Å²) in [5.41, 5.74) is 3.68. The maximum Gasteiger partial charge on any atom is 0.251 e. The molecule has 1 saturated heterocycles. The molecule has 0 bridgehead atoms. The number of hydrogen-bond acceptors (Lipinski definition) is 7. The van der Waals surface area contributed by atoms with Gasteiger partial charge in [0.25, 0.3) is 5.91 Å². The number of nitrogens with zero attached hydrogens (tertiary/aromatic N) is 1. The average molecular weight is 597 g/mol. The third kappa shape index (κ3) is 9.86. The monoisotopic (exact) mass is 596 g/mol. The first-order chi connectivity index (χ1) is 20.3. The summed E-state index contributed by atoms with van der Waals surface area (Å²) in [5, 5.41) is 27.7. The van der Waals surface area contributed by atoms with Gasteiger partial charge in [-0.15, -0.1) is 0 Å². The van der Waals surface area contributed by atoms with Gasteiger partial charge in [-0.2, -0.15) is 0 Å². The third-order valence-corrected chi connectivity index (χ3v) is 8.78. The van der Waals surface area contributed by atoms with Gasteiger partial charge in [0.05, 0.1) is 17.5 Å². The van der Waals surface area contributed by atoms with Crippen molar-refractivity contribution >= 4 is 33.8 Å². The number of anilines is 2. The summed E-state index contributed by atoms with van der Waals surface area (Å²) in [7, 11) is -3.43. The van der Waals surface area contributed by atoms with Crippen molar-refractivity contribution in [1.82, 2.24) is 5.32 Å². The number of rotatable bonds is 12. The van der Waals surface area contributed by atoms with Crippen LogP contribution < -0.4 is 25.4 Å². The lowest BCUT2D eigenvalue weighted by Gasteiger charge is -2.29. The van der Waals surface area contributed by atoms with Crippen molar-refractivity contribution in [1.29, 1.82) is 0 Å². The van der Waals surface area contributed by atoms with Crippen molar-refractivity contribution in [2.45, 2.75) is 44.9 Å². The standard InChI is InChI=1S/C30H38N4O4S.CH2O2/c1-2-32-26-18-25(19-27(20-26)34-15-9-10-16-39(34,37)38)30(36)33-28(17-23-11-5-3-6-12-23)29(35)22-31-21-24-13-7-4-8-14-24;2-1-3/h3-8,11-14,18-20,28-29,31-32,35H,2,9-10,15-17,21-22H2,1H3,(H,33,36);1H,(H,2,3)/t28-,29+;/m0./s1. The molecule has 226 valence electrons. The van der Waals surface area contributed by atoms with E-state index in [1.807, 2.05) is 72.9 Å². The van der Waals surface area contributed by atoms with Gasteiger partial charge in [0.15, 0.2) is 0 Å². The van der Waals surface area contributed by atoms with Crippen LogP contribution >= 0.6 is 0 Å². The van der Waals surface area contributed by atoms with Gasteiger partial charge >= 0.3 is 0 Å². The second kappa shape index (κ2) is 16.5. The van der Waals surface area contributed by atoms with Gasteiger partial charge in [0.1, 0.15) is 19.2 Å². The van der Waals surface area contributed by atoms with Crippen molar-refractivity contribution in [2.75, 3.05) is 35.0 Å². The van der Waals surface area contributed by atoms with Crippen molar-refractivity contribution < 1.29 is 33.5 Å². The Labute approximate surface area is 247 Å². The molecule has 1 aliphatic heterocycles. The van der Waals surface area contributed by atoms with E-state index in [4.69, 9.17) is 9.90 Å². The van der Waals surface area contributed by atoms with E-state index in [1.54, 1.807) is 18.2 Å². The Morgan fingerprint density at radius 2 is 1.69 bits per heavy atom. The van der Waals surface area contributed by atoms with Gasteiger partial charge < -0.3 is 31.0 Å². The number of hydrogen-bond donors (Lipinski definition) is 4. The predicted molar refractivity (Wildman–Crippen MR) is 161 cm³/mol. The van der Waals surface area contributed by atoms with E-state index in [0.29, 0.717) is 49.4 Å². The molecule has 3 aromatic rings. The first kappa shape index (κ1) is 32.6. The minimum Gasteiger partial charge on any atom is -0.554 e. The Morgan fingerprint density at radius 1 is 1.05 bits per heavy atom. The molecule has 0 saturated carbocycles. The molecular weight excluding hydrogens is 556 g/mol. The number of aliphatic hydroxyl groups is 1. The summed E-state index contributed by atoms with van der Waals surface area (Å²) >= 11 is 0. The van der Waals surface area contributed by atoms with E-state index in [2.05, 4.69) is 10.6 Å². The summed E-state index contributed by atoms with van der Waals surface area (Å²) in [4.78, 5) is 21.8. The Bertz CT molecular complexity index is 1370. The molecular formula is C31H40N4O6S. The van der Waals surface area contributed by atoms with E-state index in [1.165, 1.54) is 4.31 Å². The smallest absolute Gasteiger partial charge is 0.251 e. The minimum absolute atomic E-state index is 0.102. The number of aliphatic hydroxyl groups excluding tert-OH is 1. The molecule has 0 aromatic heterocycles. The topological polar surface area (TPSA) is 155 Å². The van der Waals surface area contributed by atoms with Crippen molar-refractivity contribution in [3.63, 3.8) is 0 Å². The van der Waals surface area contributed by atoms with Crippen LogP contribution in [0.2, 0.25) is 0 Å². The van der Waals surface area contributed by atoms with E-state index in [-0.39, 0.29) is 11.7 Å². The fraction of sp³-hybridized carbons (Fsp3) is 0.355. The van der Waals surface area contributed by atoms with Gasteiger partial charge in [0.2, 0.25) is 10.0 Å². The van der Waals surface area contributed by atoms with Gasteiger partial charge in [0, 0.05) is 36.4 Å². The van der Waals surface area contributed by atoms with Crippen molar-refractivity contribution in [3.8, 4) is 0 Å². The average Bonchev–Trinajstić information content (AvgIpc) is 2.98. The maximum absolute atomic E-state index is 13.6. The van der Waals surface area contributed by atoms with E-state index in [0.717, 1.165) is 24.1 Å². The highest BCUT2D eigenvalue weighted by Gasteiger charge is 2.28. The molecule has 11 heteroatoms. The number of carbonyl (C=O) groups is 2. The number of nitrogens with one attached hydrogen (secondary N) is 2. The van der Waals surface area contributed by atoms with E-state index >= 15 is 0 Å². The Hall–Kier alpha value is -3.93. The van der Waals surface area contributed by atoms with Gasteiger partial charge in [-0.25, -0.2) is 8.42 Å². The Morgan fingerprint density at radius 3 is 2.31 bits per heavy atom. The molecule has 4 rings (SSSR count). The fourth-order valence-corrected chi connectivity index (χ4v) is 6.50. The van der Waals surface area contributed by atoms with Gasteiger partial charge in [-0.3, -0.25) is 9.10 Å². The Balaban J connectivity index is 0.00000155. The summed E-state index contributed by atoms with van der Waals surface area (Å²) in [6.45, 7) is 3.61. The lowest BCUT2D eigenvalue weighted by molar-refractivity contribution is -0.676. The first-order valence-corrected chi connectivity index (χ1v) is 15.7. The minimum atomic E-state index is -3.43.